The van der Waals surface area contributed by atoms with E-state index in [1.165, 1.54) is 12.0 Å². The van der Waals surface area contributed by atoms with Crippen LogP contribution in [0.5, 0.6) is 5.88 Å². The number of aromatic nitrogens is 4. The Labute approximate surface area is 193 Å². The van der Waals surface area contributed by atoms with Crippen molar-refractivity contribution < 1.29 is 4.74 Å². The van der Waals surface area contributed by atoms with E-state index in [0.29, 0.717) is 12.5 Å². The Morgan fingerprint density at radius 1 is 1.00 bits per heavy atom. The second-order valence-electron chi connectivity index (χ2n) is 9.07. The quantitative estimate of drug-likeness (QED) is 0.465. The standard InChI is InChI=1S/C27H27N5O/c1-2-7-23-30-31-24-17-33-26-22(32(23)24)16-21(18-8-4-3-5-9-18)25(29-26)19-10-12-20(13-11-19)27(28)14-6-15-27/h3-5,8-13,16H,2,6-7,14-15,17,28H2,1H3. The average molecular weight is 438 g/mol. The highest BCUT2D eigenvalue weighted by Gasteiger charge is 2.34. The van der Waals surface area contributed by atoms with Gasteiger partial charge in [-0.1, -0.05) is 61.5 Å². The highest BCUT2D eigenvalue weighted by molar-refractivity contribution is 5.83. The molecule has 6 rings (SSSR count). The minimum Gasteiger partial charge on any atom is -0.468 e. The second-order valence-corrected chi connectivity index (χ2v) is 9.07. The van der Waals surface area contributed by atoms with Crippen LogP contribution in [0.1, 0.15) is 49.8 Å². The van der Waals surface area contributed by atoms with Gasteiger partial charge in [0.05, 0.1) is 5.69 Å². The molecule has 2 aromatic heterocycles. The van der Waals surface area contributed by atoms with Gasteiger partial charge in [0.2, 0.25) is 5.88 Å². The molecule has 1 fully saturated rings. The minimum absolute atomic E-state index is 0.173. The normalized spacial score (nSPS) is 15.8. The number of fused-ring (bicyclic) bond motifs is 3. The van der Waals surface area contributed by atoms with Gasteiger partial charge < -0.3 is 10.5 Å². The molecule has 0 bridgehead atoms. The first kappa shape index (κ1) is 20.1. The van der Waals surface area contributed by atoms with Crippen molar-refractivity contribution in [3.05, 3.63) is 77.9 Å². The third kappa shape index (κ3) is 3.33. The summed E-state index contributed by atoms with van der Waals surface area (Å²) in [5, 5.41) is 8.76. The highest BCUT2D eigenvalue weighted by Crippen LogP contribution is 2.41. The summed E-state index contributed by atoms with van der Waals surface area (Å²) in [5.74, 6) is 2.38. The zero-order chi connectivity index (χ0) is 22.4. The van der Waals surface area contributed by atoms with E-state index >= 15 is 0 Å². The fourth-order valence-electron chi connectivity index (χ4n) is 4.86. The molecule has 2 aliphatic rings. The van der Waals surface area contributed by atoms with Crippen LogP contribution in [0.3, 0.4) is 0 Å². The van der Waals surface area contributed by atoms with Crippen LogP contribution in [0.4, 0.5) is 0 Å². The van der Waals surface area contributed by atoms with Crippen LogP contribution in [0, 0.1) is 0 Å². The number of ether oxygens (including phenoxy) is 1. The topological polar surface area (TPSA) is 78.9 Å². The van der Waals surface area contributed by atoms with Gasteiger partial charge in [0.1, 0.15) is 11.5 Å². The smallest absolute Gasteiger partial charge is 0.239 e. The largest absolute Gasteiger partial charge is 0.468 e. The van der Waals surface area contributed by atoms with Crippen LogP contribution in [0.15, 0.2) is 60.7 Å². The van der Waals surface area contributed by atoms with Gasteiger partial charge in [0.25, 0.3) is 0 Å². The van der Waals surface area contributed by atoms with Gasteiger partial charge in [0.15, 0.2) is 12.4 Å². The van der Waals surface area contributed by atoms with Gasteiger partial charge in [-0.25, -0.2) is 4.98 Å². The van der Waals surface area contributed by atoms with Crippen molar-refractivity contribution in [1.29, 1.82) is 0 Å². The molecule has 0 radical (unpaired) electrons. The Kier molecular flexibility index (Phi) is 4.76. The monoisotopic (exact) mass is 437 g/mol. The van der Waals surface area contributed by atoms with Gasteiger partial charge in [-0.15, -0.1) is 10.2 Å². The second kappa shape index (κ2) is 7.81. The fraction of sp³-hybridized carbons (Fsp3) is 0.296. The highest BCUT2D eigenvalue weighted by atomic mass is 16.5. The Morgan fingerprint density at radius 2 is 1.79 bits per heavy atom. The van der Waals surface area contributed by atoms with Crippen molar-refractivity contribution in [1.82, 2.24) is 19.7 Å². The number of nitrogens with two attached hydrogens (primary N) is 1. The maximum absolute atomic E-state index is 6.55. The molecule has 0 amide bonds. The maximum Gasteiger partial charge on any atom is 0.239 e. The molecule has 0 atom stereocenters. The minimum atomic E-state index is -0.173. The van der Waals surface area contributed by atoms with Crippen molar-refractivity contribution >= 4 is 0 Å². The molecule has 166 valence electrons. The lowest BCUT2D eigenvalue weighted by Crippen LogP contribution is -2.43. The van der Waals surface area contributed by atoms with Crippen molar-refractivity contribution in [2.24, 2.45) is 5.73 Å². The van der Waals surface area contributed by atoms with E-state index in [1.807, 2.05) is 6.07 Å². The first-order valence-corrected chi connectivity index (χ1v) is 11.7. The van der Waals surface area contributed by atoms with Gasteiger partial charge in [-0.05, 0) is 42.9 Å². The van der Waals surface area contributed by atoms with E-state index in [4.69, 9.17) is 15.5 Å². The van der Waals surface area contributed by atoms with E-state index in [2.05, 4.69) is 76.3 Å². The summed E-state index contributed by atoms with van der Waals surface area (Å²) in [6, 6.07) is 21.1. The third-order valence-electron chi connectivity index (χ3n) is 6.88. The summed E-state index contributed by atoms with van der Waals surface area (Å²) < 4.78 is 8.16. The molecule has 0 saturated heterocycles. The van der Waals surface area contributed by atoms with Crippen molar-refractivity contribution in [3.63, 3.8) is 0 Å². The lowest BCUT2D eigenvalue weighted by Gasteiger charge is -2.38. The fourth-order valence-corrected chi connectivity index (χ4v) is 4.86. The predicted molar refractivity (Wildman–Crippen MR) is 128 cm³/mol. The Balaban J connectivity index is 1.51. The predicted octanol–water partition coefficient (Wildman–Crippen LogP) is 5.18. The zero-order valence-corrected chi connectivity index (χ0v) is 18.8. The van der Waals surface area contributed by atoms with E-state index in [-0.39, 0.29) is 5.54 Å². The third-order valence-corrected chi connectivity index (χ3v) is 6.88. The molecule has 0 unspecified atom stereocenters. The van der Waals surface area contributed by atoms with Crippen LogP contribution < -0.4 is 10.5 Å². The first-order valence-electron chi connectivity index (χ1n) is 11.7. The number of benzene rings is 2. The van der Waals surface area contributed by atoms with Crippen molar-refractivity contribution in [2.45, 2.75) is 51.2 Å². The van der Waals surface area contributed by atoms with E-state index in [0.717, 1.165) is 65.4 Å². The molecule has 1 aliphatic heterocycles. The Bertz CT molecular complexity index is 1310. The van der Waals surface area contributed by atoms with E-state index < -0.39 is 0 Å². The number of pyridine rings is 1. The van der Waals surface area contributed by atoms with Crippen LogP contribution in [-0.4, -0.2) is 19.7 Å². The van der Waals surface area contributed by atoms with Crippen molar-refractivity contribution in [3.8, 4) is 34.0 Å². The lowest BCUT2D eigenvalue weighted by atomic mass is 9.72. The van der Waals surface area contributed by atoms with Crippen molar-refractivity contribution in [2.75, 3.05) is 0 Å². The summed E-state index contributed by atoms with van der Waals surface area (Å²) in [7, 11) is 0. The van der Waals surface area contributed by atoms with Gasteiger partial charge in [0, 0.05) is 23.1 Å². The Morgan fingerprint density at radius 3 is 2.48 bits per heavy atom. The molecule has 2 aromatic carbocycles. The first-order chi connectivity index (χ1) is 16.2. The maximum atomic E-state index is 6.55. The Hall–Kier alpha value is -3.51. The summed E-state index contributed by atoms with van der Waals surface area (Å²) in [4.78, 5) is 5.04. The molecule has 3 heterocycles. The van der Waals surface area contributed by atoms with E-state index in [1.54, 1.807) is 0 Å². The number of hydrogen-bond donors (Lipinski definition) is 1. The molecular weight excluding hydrogens is 410 g/mol. The molecular formula is C27H27N5O. The molecule has 2 N–H and O–H groups in total. The molecule has 1 aliphatic carbocycles. The van der Waals surface area contributed by atoms with E-state index in [9.17, 15) is 0 Å². The zero-order valence-electron chi connectivity index (χ0n) is 18.8. The molecule has 33 heavy (non-hydrogen) atoms. The number of hydrogen-bond acceptors (Lipinski definition) is 5. The number of rotatable bonds is 5. The molecule has 6 nitrogen and oxygen atoms in total. The number of nitrogens with zero attached hydrogens (tertiary/aromatic N) is 4. The lowest BCUT2D eigenvalue weighted by molar-refractivity contribution is 0.253. The van der Waals surface area contributed by atoms with Gasteiger partial charge in [-0.2, -0.15) is 0 Å². The molecule has 0 spiro atoms. The molecule has 1 saturated carbocycles. The molecule has 4 aromatic rings. The average Bonchev–Trinajstić information content (AvgIpc) is 3.26. The SMILES string of the molecule is CCCc1nnc2n1-c1cc(-c3ccccc3)c(-c3ccc(C4(N)CCC4)cc3)nc1OC2. The van der Waals surface area contributed by atoms with Gasteiger partial charge in [-0.3, -0.25) is 4.57 Å². The summed E-state index contributed by atoms with van der Waals surface area (Å²) in [6.45, 7) is 2.52. The summed E-state index contributed by atoms with van der Waals surface area (Å²) >= 11 is 0. The van der Waals surface area contributed by atoms with Crippen LogP contribution >= 0.6 is 0 Å². The van der Waals surface area contributed by atoms with Crippen LogP contribution in [-0.2, 0) is 18.6 Å². The van der Waals surface area contributed by atoms with Crippen LogP contribution in [0.2, 0.25) is 0 Å². The van der Waals surface area contributed by atoms with Crippen LogP contribution in [0.25, 0.3) is 28.1 Å². The summed E-state index contributed by atoms with van der Waals surface area (Å²) in [5.41, 5.74) is 12.6. The van der Waals surface area contributed by atoms with Gasteiger partial charge >= 0.3 is 0 Å². The number of aryl methyl sites for hydroxylation is 1. The molecule has 6 heteroatoms. The summed E-state index contributed by atoms with van der Waals surface area (Å²) in [6.07, 6.45) is 5.16.